The van der Waals surface area contributed by atoms with Crippen LogP contribution >= 0.6 is 22.9 Å². The summed E-state index contributed by atoms with van der Waals surface area (Å²) in [6, 6.07) is 16.7. The van der Waals surface area contributed by atoms with E-state index in [4.69, 9.17) is 22.3 Å². The maximum absolute atomic E-state index is 13.6. The molecule has 1 aliphatic carbocycles. The molecule has 2 amide bonds. The van der Waals surface area contributed by atoms with Crippen LogP contribution in [0.1, 0.15) is 50.9 Å². The molecule has 2 aromatic carbocycles. The molecule has 2 aromatic heterocycles. The van der Waals surface area contributed by atoms with Crippen molar-refractivity contribution in [2.24, 2.45) is 11.7 Å². The lowest BCUT2D eigenvalue weighted by Gasteiger charge is -2.20. The number of thiophene rings is 1. The average molecular weight is 490 g/mol. The first kappa shape index (κ1) is 22.6. The maximum atomic E-state index is 13.6. The minimum absolute atomic E-state index is 0.290. The van der Waals surface area contributed by atoms with E-state index in [0.29, 0.717) is 38.3 Å². The Labute approximate surface area is 207 Å². The molecule has 0 radical (unpaired) electrons. The number of hydrogen-bond acceptors (Lipinski definition) is 4. The molecule has 7 heteroatoms. The van der Waals surface area contributed by atoms with Gasteiger partial charge in [0.25, 0.3) is 11.8 Å². The van der Waals surface area contributed by atoms with Crippen molar-refractivity contribution in [3.8, 4) is 11.3 Å². The fourth-order valence-electron chi connectivity index (χ4n) is 4.65. The number of para-hydroxylation sites is 1. The predicted octanol–water partition coefficient (Wildman–Crippen LogP) is 6.48. The standard InChI is InChI=1S/C27H24ClN3O2S/c1-2-15-7-12-19-23(13-15)34-27(24(19)25(29)32)31-26(33)20-14-22(16-8-10-17(28)11-9-16)30-21-6-4-3-5-18(20)21/h3-6,8-11,14-15H,2,7,12-13H2,1H3,(H2,29,32)(H,31,33)/t15-/m1/s1. The van der Waals surface area contributed by atoms with Crippen molar-refractivity contribution in [3.05, 3.63) is 81.2 Å². The Hall–Kier alpha value is -3.22. The maximum Gasteiger partial charge on any atom is 0.257 e. The van der Waals surface area contributed by atoms with Crippen molar-refractivity contribution in [2.75, 3.05) is 5.32 Å². The Morgan fingerprint density at radius 1 is 1.18 bits per heavy atom. The molecular formula is C27H24ClN3O2S. The van der Waals surface area contributed by atoms with Crippen LogP contribution in [0.5, 0.6) is 0 Å². The van der Waals surface area contributed by atoms with Gasteiger partial charge in [0.15, 0.2) is 0 Å². The highest BCUT2D eigenvalue weighted by molar-refractivity contribution is 7.17. The Kier molecular flexibility index (Phi) is 6.11. The smallest absolute Gasteiger partial charge is 0.257 e. The van der Waals surface area contributed by atoms with Crippen LogP contribution in [0, 0.1) is 5.92 Å². The summed E-state index contributed by atoms with van der Waals surface area (Å²) in [5, 5.41) is 4.92. The molecule has 4 aromatic rings. The van der Waals surface area contributed by atoms with E-state index in [2.05, 4.69) is 12.2 Å². The van der Waals surface area contributed by atoms with Gasteiger partial charge >= 0.3 is 0 Å². The molecule has 2 heterocycles. The number of primary amides is 1. The van der Waals surface area contributed by atoms with E-state index in [0.717, 1.165) is 47.1 Å². The van der Waals surface area contributed by atoms with Gasteiger partial charge in [0.2, 0.25) is 0 Å². The first-order valence-electron chi connectivity index (χ1n) is 11.4. The van der Waals surface area contributed by atoms with Crippen molar-refractivity contribution in [2.45, 2.75) is 32.6 Å². The lowest BCUT2D eigenvalue weighted by Crippen LogP contribution is -2.20. The zero-order chi connectivity index (χ0) is 23.8. The fraction of sp³-hybridized carbons (Fsp3) is 0.222. The highest BCUT2D eigenvalue weighted by atomic mass is 35.5. The summed E-state index contributed by atoms with van der Waals surface area (Å²) in [6.07, 6.45) is 3.87. The van der Waals surface area contributed by atoms with Gasteiger partial charge in [-0.2, -0.15) is 0 Å². The molecule has 0 fully saturated rings. The van der Waals surface area contributed by atoms with Crippen LogP contribution < -0.4 is 11.1 Å². The van der Waals surface area contributed by atoms with Crippen LogP contribution in [0.25, 0.3) is 22.2 Å². The molecule has 172 valence electrons. The highest BCUT2D eigenvalue weighted by Crippen LogP contribution is 2.40. The number of pyridine rings is 1. The molecule has 5 nitrogen and oxygen atoms in total. The summed E-state index contributed by atoms with van der Waals surface area (Å²) in [7, 11) is 0. The van der Waals surface area contributed by atoms with Crippen LogP contribution in [0.4, 0.5) is 5.00 Å². The number of fused-ring (bicyclic) bond motifs is 2. The minimum atomic E-state index is -0.496. The number of anilines is 1. The van der Waals surface area contributed by atoms with E-state index in [9.17, 15) is 9.59 Å². The van der Waals surface area contributed by atoms with Crippen molar-refractivity contribution >= 4 is 50.7 Å². The molecule has 5 rings (SSSR count). The zero-order valence-corrected chi connectivity index (χ0v) is 20.3. The molecule has 34 heavy (non-hydrogen) atoms. The number of nitrogens with zero attached hydrogens (tertiary/aromatic N) is 1. The monoisotopic (exact) mass is 489 g/mol. The van der Waals surface area contributed by atoms with Gasteiger partial charge < -0.3 is 11.1 Å². The number of carbonyl (C=O) groups excluding carboxylic acids is 2. The summed E-state index contributed by atoms with van der Waals surface area (Å²) in [4.78, 5) is 31.8. The number of benzene rings is 2. The summed E-state index contributed by atoms with van der Waals surface area (Å²) < 4.78 is 0. The van der Waals surface area contributed by atoms with E-state index in [1.54, 1.807) is 18.2 Å². The van der Waals surface area contributed by atoms with E-state index in [1.807, 2.05) is 36.4 Å². The number of nitrogens with two attached hydrogens (primary N) is 1. The third-order valence-corrected chi connectivity index (χ3v) is 7.94. The lowest BCUT2D eigenvalue weighted by molar-refractivity contribution is 0.1000. The highest BCUT2D eigenvalue weighted by Gasteiger charge is 2.28. The Bertz CT molecular complexity index is 1410. The van der Waals surface area contributed by atoms with Crippen LogP contribution in [0.2, 0.25) is 5.02 Å². The lowest BCUT2D eigenvalue weighted by atomic mass is 9.85. The summed E-state index contributed by atoms with van der Waals surface area (Å²) >= 11 is 7.52. The second-order valence-corrected chi connectivity index (χ2v) is 10.2. The van der Waals surface area contributed by atoms with Gasteiger partial charge in [-0.05, 0) is 55.0 Å². The van der Waals surface area contributed by atoms with Gasteiger partial charge in [0.05, 0.1) is 22.3 Å². The van der Waals surface area contributed by atoms with Gasteiger partial charge in [-0.3, -0.25) is 9.59 Å². The van der Waals surface area contributed by atoms with E-state index in [-0.39, 0.29) is 5.91 Å². The van der Waals surface area contributed by atoms with E-state index in [1.165, 1.54) is 11.3 Å². The first-order chi connectivity index (χ1) is 16.4. The molecule has 1 atom stereocenters. The average Bonchev–Trinajstić information content (AvgIpc) is 3.20. The second-order valence-electron chi connectivity index (χ2n) is 8.62. The number of hydrogen-bond donors (Lipinski definition) is 2. The quantitative estimate of drug-likeness (QED) is 0.336. The molecular weight excluding hydrogens is 466 g/mol. The van der Waals surface area contributed by atoms with Gasteiger partial charge in [0.1, 0.15) is 5.00 Å². The summed E-state index contributed by atoms with van der Waals surface area (Å²) in [5.74, 6) is -0.187. The first-order valence-corrected chi connectivity index (χ1v) is 12.6. The Morgan fingerprint density at radius 3 is 2.68 bits per heavy atom. The molecule has 0 bridgehead atoms. The third kappa shape index (κ3) is 4.19. The number of carbonyl (C=O) groups is 2. The molecule has 0 aliphatic heterocycles. The van der Waals surface area contributed by atoms with Crippen molar-refractivity contribution in [1.82, 2.24) is 4.98 Å². The van der Waals surface area contributed by atoms with Crippen LogP contribution in [0.3, 0.4) is 0 Å². The molecule has 0 spiro atoms. The minimum Gasteiger partial charge on any atom is -0.365 e. The molecule has 1 aliphatic rings. The summed E-state index contributed by atoms with van der Waals surface area (Å²) in [6.45, 7) is 2.19. The normalized spacial score (nSPS) is 15.2. The Balaban J connectivity index is 1.56. The van der Waals surface area contributed by atoms with Gasteiger partial charge in [-0.1, -0.05) is 55.3 Å². The van der Waals surface area contributed by atoms with Gasteiger partial charge in [-0.15, -0.1) is 11.3 Å². The third-order valence-electron chi connectivity index (χ3n) is 6.52. The number of amides is 2. The number of nitrogens with one attached hydrogen (secondary N) is 1. The number of aromatic nitrogens is 1. The molecule has 0 unspecified atom stereocenters. The van der Waals surface area contributed by atoms with Crippen molar-refractivity contribution in [3.63, 3.8) is 0 Å². The fourth-order valence-corrected chi connectivity index (χ4v) is 6.14. The van der Waals surface area contributed by atoms with E-state index >= 15 is 0 Å². The van der Waals surface area contributed by atoms with Crippen molar-refractivity contribution in [1.29, 1.82) is 0 Å². The van der Waals surface area contributed by atoms with Crippen LogP contribution in [-0.4, -0.2) is 16.8 Å². The predicted molar refractivity (Wildman–Crippen MR) is 139 cm³/mol. The van der Waals surface area contributed by atoms with Gasteiger partial charge in [-0.25, -0.2) is 4.98 Å². The van der Waals surface area contributed by atoms with Gasteiger partial charge in [0, 0.05) is 20.8 Å². The van der Waals surface area contributed by atoms with Crippen LogP contribution in [0.15, 0.2) is 54.6 Å². The zero-order valence-electron chi connectivity index (χ0n) is 18.7. The summed E-state index contributed by atoms with van der Waals surface area (Å²) in [5.41, 5.74) is 9.96. The number of rotatable bonds is 5. The largest absolute Gasteiger partial charge is 0.365 e. The molecule has 0 saturated carbocycles. The molecule has 3 N–H and O–H groups in total. The SMILES string of the molecule is CC[C@@H]1CCc2c(sc(NC(=O)c3cc(-c4ccc(Cl)cc4)nc4ccccc34)c2C(N)=O)C1. The van der Waals surface area contributed by atoms with Crippen molar-refractivity contribution < 1.29 is 9.59 Å². The van der Waals surface area contributed by atoms with Crippen LogP contribution in [-0.2, 0) is 12.8 Å². The Morgan fingerprint density at radius 2 is 1.94 bits per heavy atom. The molecule has 0 saturated heterocycles. The topological polar surface area (TPSA) is 85.1 Å². The second kappa shape index (κ2) is 9.20. The van der Waals surface area contributed by atoms with E-state index < -0.39 is 5.91 Å². The number of halogens is 1.